The van der Waals surface area contributed by atoms with E-state index in [9.17, 15) is 4.79 Å². The Bertz CT molecular complexity index is 366. The largest absolute Gasteiger partial charge is 0.469 e. The second kappa shape index (κ2) is 12.8. The molecule has 0 aromatic heterocycles. The molecule has 0 bridgehead atoms. The normalized spacial score (nSPS) is 20.3. The van der Waals surface area contributed by atoms with Crippen molar-refractivity contribution in [1.82, 2.24) is 15.5 Å². The lowest BCUT2D eigenvalue weighted by Crippen LogP contribution is -2.43. The van der Waals surface area contributed by atoms with Crippen LogP contribution in [-0.4, -0.2) is 63.2 Å². The van der Waals surface area contributed by atoms with Crippen molar-refractivity contribution in [2.24, 2.45) is 10.9 Å². The van der Waals surface area contributed by atoms with Crippen LogP contribution in [0.5, 0.6) is 0 Å². The number of aliphatic imine (C=N–C) groups is 1. The maximum atomic E-state index is 11.4. The monoisotopic (exact) mass is 440 g/mol. The van der Waals surface area contributed by atoms with Crippen molar-refractivity contribution in [3.05, 3.63) is 0 Å². The number of halogens is 1. The second-order valence-electron chi connectivity index (χ2n) is 6.04. The van der Waals surface area contributed by atoms with Gasteiger partial charge in [0.2, 0.25) is 0 Å². The van der Waals surface area contributed by atoms with Crippen molar-refractivity contribution in [2.45, 2.75) is 45.6 Å². The Morgan fingerprint density at radius 3 is 2.74 bits per heavy atom. The number of carbonyl (C=O) groups excluding carboxylic acids is 1. The highest BCUT2D eigenvalue weighted by Gasteiger charge is 2.17. The third-order valence-corrected chi connectivity index (χ3v) is 4.26. The van der Waals surface area contributed by atoms with E-state index in [0.717, 1.165) is 25.5 Å². The average Bonchev–Trinajstić information content (AvgIpc) is 2.54. The van der Waals surface area contributed by atoms with Gasteiger partial charge in [0.15, 0.2) is 5.96 Å². The van der Waals surface area contributed by atoms with Crippen LogP contribution in [0.15, 0.2) is 4.99 Å². The predicted octanol–water partition coefficient (Wildman–Crippen LogP) is 1.84. The summed E-state index contributed by atoms with van der Waals surface area (Å²) >= 11 is 0. The molecule has 0 spiro atoms. The van der Waals surface area contributed by atoms with Gasteiger partial charge in [0, 0.05) is 32.7 Å². The number of likely N-dealkylation sites (tertiary alicyclic amines) is 1. The van der Waals surface area contributed by atoms with E-state index in [1.54, 1.807) is 7.05 Å². The molecule has 0 aliphatic carbocycles. The Labute approximate surface area is 157 Å². The minimum absolute atomic E-state index is 0. The number of piperidine rings is 1. The first kappa shape index (κ1) is 22.4. The summed E-state index contributed by atoms with van der Waals surface area (Å²) in [5.41, 5.74) is 0. The van der Waals surface area contributed by atoms with Crippen LogP contribution in [0.3, 0.4) is 0 Å². The summed E-state index contributed by atoms with van der Waals surface area (Å²) in [5.74, 6) is 0.349. The molecule has 1 heterocycles. The van der Waals surface area contributed by atoms with Crippen LogP contribution in [0.1, 0.15) is 39.5 Å². The van der Waals surface area contributed by atoms with Gasteiger partial charge in [0.25, 0.3) is 0 Å². The Balaban J connectivity index is 0.00000484. The molecule has 0 radical (unpaired) electrons. The molecule has 0 aromatic carbocycles. The van der Waals surface area contributed by atoms with Gasteiger partial charge in [-0.2, -0.15) is 0 Å². The molecule has 0 amide bonds. The molecule has 2 unspecified atom stereocenters. The number of carbonyl (C=O) groups is 1. The standard InChI is InChI=1S/C16H32N4O2.HI/c1-13(15(21)22-4)12-19-16(17-3)18-9-7-11-20-10-6-5-8-14(20)2;/h13-14H,5-12H2,1-4H3,(H2,17,18,19);1H. The number of ether oxygens (including phenoxy) is 1. The summed E-state index contributed by atoms with van der Waals surface area (Å²) in [6, 6.07) is 0.715. The number of rotatable bonds is 7. The summed E-state index contributed by atoms with van der Waals surface area (Å²) in [6.07, 6.45) is 5.11. The molecule has 23 heavy (non-hydrogen) atoms. The van der Waals surface area contributed by atoms with E-state index in [-0.39, 0.29) is 35.9 Å². The lowest BCUT2D eigenvalue weighted by Gasteiger charge is -2.33. The summed E-state index contributed by atoms with van der Waals surface area (Å²) < 4.78 is 4.71. The molecule has 1 aliphatic rings. The zero-order valence-corrected chi connectivity index (χ0v) is 17.3. The second-order valence-corrected chi connectivity index (χ2v) is 6.04. The van der Waals surface area contributed by atoms with Gasteiger partial charge in [-0.05, 0) is 32.7 Å². The molecule has 2 atom stereocenters. The van der Waals surface area contributed by atoms with Gasteiger partial charge in [-0.1, -0.05) is 13.3 Å². The summed E-state index contributed by atoms with van der Waals surface area (Å²) in [7, 11) is 3.15. The highest BCUT2D eigenvalue weighted by molar-refractivity contribution is 14.0. The molecule has 136 valence electrons. The minimum Gasteiger partial charge on any atom is -0.469 e. The number of hydrogen-bond acceptors (Lipinski definition) is 4. The number of methoxy groups -OCH3 is 1. The van der Waals surface area contributed by atoms with E-state index in [1.807, 2.05) is 6.92 Å². The van der Waals surface area contributed by atoms with Crippen molar-refractivity contribution in [1.29, 1.82) is 0 Å². The van der Waals surface area contributed by atoms with Gasteiger partial charge in [-0.15, -0.1) is 24.0 Å². The van der Waals surface area contributed by atoms with Gasteiger partial charge in [-0.3, -0.25) is 9.79 Å². The third-order valence-electron chi connectivity index (χ3n) is 4.26. The van der Waals surface area contributed by atoms with E-state index in [2.05, 4.69) is 27.4 Å². The first-order valence-corrected chi connectivity index (χ1v) is 8.34. The lowest BCUT2D eigenvalue weighted by molar-refractivity contribution is -0.144. The molecule has 6 nitrogen and oxygen atoms in total. The van der Waals surface area contributed by atoms with Gasteiger partial charge in [0.05, 0.1) is 13.0 Å². The zero-order valence-electron chi connectivity index (χ0n) is 14.9. The smallest absolute Gasteiger partial charge is 0.310 e. The van der Waals surface area contributed by atoms with Gasteiger partial charge in [-0.25, -0.2) is 0 Å². The highest BCUT2D eigenvalue weighted by atomic mass is 127. The topological polar surface area (TPSA) is 66.0 Å². The third kappa shape index (κ3) is 8.74. The van der Waals surface area contributed by atoms with Crippen LogP contribution >= 0.6 is 24.0 Å². The van der Waals surface area contributed by atoms with Crippen molar-refractivity contribution in [2.75, 3.05) is 40.3 Å². The van der Waals surface area contributed by atoms with Gasteiger partial charge >= 0.3 is 5.97 Å². The number of guanidine groups is 1. The zero-order chi connectivity index (χ0) is 16.4. The number of nitrogens with zero attached hydrogens (tertiary/aromatic N) is 2. The van der Waals surface area contributed by atoms with Crippen molar-refractivity contribution in [3.63, 3.8) is 0 Å². The van der Waals surface area contributed by atoms with Gasteiger partial charge < -0.3 is 20.3 Å². The Kier molecular flexibility index (Phi) is 12.5. The number of nitrogens with one attached hydrogen (secondary N) is 2. The Morgan fingerprint density at radius 2 is 2.13 bits per heavy atom. The van der Waals surface area contributed by atoms with Crippen molar-refractivity contribution >= 4 is 35.9 Å². The summed E-state index contributed by atoms with van der Waals surface area (Å²) in [4.78, 5) is 18.1. The first-order chi connectivity index (χ1) is 10.6. The fourth-order valence-electron chi connectivity index (χ4n) is 2.73. The number of esters is 1. The molecule has 1 saturated heterocycles. The average molecular weight is 440 g/mol. The van der Waals surface area contributed by atoms with E-state index < -0.39 is 0 Å². The molecule has 0 saturated carbocycles. The maximum absolute atomic E-state index is 11.4. The van der Waals surface area contributed by atoms with E-state index in [1.165, 1.54) is 32.9 Å². The van der Waals surface area contributed by atoms with E-state index >= 15 is 0 Å². The molecule has 1 aliphatic heterocycles. The van der Waals surface area contributed by atoms with E-state index in [4.69, 9.17) is 4.74 Å². The van der Waals surface area contributed by atoms with Crippen LogP contribution in [0.25, 0.3) is 0 Å². The highest BCUT2D eigenvalue weighted by Crippen LogP contribution is 2.15. The molecular formula is C16H33IN4O2. The maximum Gasteiger partial charge on any atom is 0.310 e. The molecular weight excluding hydrogens is 407 g/mol. The fourth-order valence-corrected chi connectivity index (χ4v) is 2.73. The Morgan fingerprint density at radius 1 is 1.39 bits per heavy atom. The molecule has 2 N–H and O–H groups in total. The molecule has 7 heteroatoms. The SMILES string of the molecule is CN=C(NCCCN1CCCCC1C)NCC(C)C(=O)OC.I. The molecule has 0 aromatic rings. The van der Waals surface area contributed by atoms with Crippen LogP contribution in [0.4, 0.5) is 0 Å². The fraction of sp³-hybridized carbons (Fsp3) is 0.875. The first-order valence-electron chi connectivity index (χ1n) is 8.34. The predicted molar refractivity (Wildman–Crippen MR) is 105 cm³/mol. The summed E-state index contributed by atoms with van der Waals surface area (Å²) in [6.45, 7) is 7.92. The van der Waals surface area contributed by atoms with Crippen LogP contribution in [-0.2, 0) is 9.53 Å². The van der Waals surface area contributed by atoms with Crippen LogP contribution in [0.2, 0.25) is 0 Å². The van der Waals surface area contributed by atoms with Gasteiger partial charge in [0.1, 0.15) is 0 Å². The van der Waals surface area contributed by atoms with Crippen molar-refractivity contribution in [3.8, 4) is 0 Å². The van der Waals surface area contributed by atoms with Crippen LogP contribution in [0, 0.1) is 5.92 Å². The molecule has 1 rings (SSSR count). The Hall–Kier alpha value is -0.570. The quantitative estimate of drug-likeness (QED) is 0.208. The van der Waals surface area contributed by atoms with Crippen molar-refractivity contribution < 1.29 is 9.53 Å². The molecule has 1 fully saturated rings. The van der Waals surface area contributed by atoms with Crippen LogP contribution < -0.4 is 10.6 Å². The van der Waals surface area contributed by atoms with E-state index in [0.29, 0.717) is 12.6 Å². The minimum atomic E-state index is -0.206. The summed E-state index contributed by atoms with van der Waals surface area (Å²) in [5, 5.41) is 6.45. The number of hydrogen-bond donors (Lipinski definition) is 2. The lowest BCUT2D eigenvalue weighted by atomic mass is 10.0.